The molecule has 0 atom stereocenters. The molecule has 0 aliphatic carbocycles. The molecule has 5 nitrogen and oxygen atoms in total. The molecule has 2 aliphatic rings. The summed E-state index contributed by atoms with van der Waals surface area (Å²) in [5.41, 5.74) is 2.19. The van der Waals surface area contributed by atoms with Gasteiger partial charge in [0.1, 0.15) is 5.84 Å². The van der Waals surface area contributed by atoms with Gasteiger partial charge in [0.05, 0.1) is 12.3 Å². The molecule has 0 bridgehead atoms. The Morgan fingerprint density at radius 2 is 2.00 bits per heavy atom. The first-order valence-corrected chi connectivity index (χ1v) is 8.95. The van der Waals surface area contributed by atoms with Gasteiger partial charge in [-0.1, -0.05) is 34.1 Å². The van der Waals surface area contributed by atoms with Crippen LogP contribution in [0, 0.1) is 0 Å². The van der Waals surface area contributed by atoms with Gasteiger partial charge in [-0.05, 0) is 24.4 Å². The summed E-state index contributed by atoms with van der Waals surface area (Å²) >= 11 is 3.62. The zero-order chi connectivity index (χ0) is 16.7. The lowest BCUT2D eigenvalue weighted by Gasteiger charge is -2.35. The summed E-state index contributed by atoms with van der Waals surface area (Å²) in [4.78, 5) is 20.7. The number of ether oxygens (including phenoxy) is 1. The van der Waals surface area contributed by atoms with Gasteiger partial charge in [0.15, 0.2) is 0 Å². The number of hydrogen-bond acceptors (Lipinski definition) is 4. The molecule has 2 aromatic rings. The highest BCUT2D eigenvalue weighted by Gasteiger charge is 2.28. The van der Waals surface area contributed by atoms with Gasteiger partial charge in [-0.3, -0.25) is 0 Å². The van der Waals surface area contributed by atoms with Crippen LogP contribution in [0.2, 0.25) is 0 Å². The highest BCUT2D eigenvalue weighted by atomic mass is 79.9. The molecule has 2 heterocycles. The number of hydrogen-bond donors (Lipinski definition) is 0. The molecule has 0 aromatic heterocycles. The molecule has 0 radical (unpaired) electrons. The molecule has 0 saturated carbocycles. The van der Waals surface area contributed by atoms with Crippen molar-refractivity contribution in [3.63, 3.8) is 0 Å². The Hall–Kier alpha value is -2.08. The molecular formula is C18H18BrN3O2. The number of amides is 1. The van der Waals surface area contributed by atoms with Crippen LogP contribution in [0.5, 0.6) is 0 Å². The Labute approximate surface area is 149 Å². The molecule has 4 rings (SSSR count). The van der Waals surface area contributed by atoms with E-state index in [-0.39, 0.29) is 6.09 Å². The molecule has 1 saturated heterocycles. The Morgan fingerprint density at radius 1 is 1.21 bits per heavy atom. The lowest BCUT2D eigenvalue weighted by Crippen LogP contribution is -2.50. The van der Waals surface area contributed by atoms with Gasteiger partial charge < -0.3 is 14.5 Å². The van der Waals surface area contributed by atoms with Crippen molar-refractivity contribution in [2.75, 3.05) is 32.8 Å². The van der Waals surface area contributed by atoms with E-state index in [0.29, 0.717) is 19.7 Å². The van der Waals surface area contributed by atoms with Crippen molar-refractivity contribution in [2.45, 2.75) is 6.92 Å². The maximum atomic E-state index is 11.8. The van der Waals surface area contributed by atoms with Crippen molar-refractivity contribution in [2.24, 2.45) is 4.99 Å². The highest BCUT2D eigenvalue weighted by Crippen LogP contribution is 2.39. The van der Waals surface area contributed by atoms with E-state index in [1.165, 1.54) is 16.3 Å². The smallest absolute Gasteiger partial charge is 0.409 e. The number of nitrogens with zero attached hydrogens (tertiary/aromatic N) is 3. The largest absolute Gasteiger partial charge is 0.450 e. The lowest BCUT2D eigenvalue weighted by molar-refractivity contribution is 0.0921. The van der Waals surface area contributed by atoms with Crippen LogP contribution < -0.4 is 0 Å². The second kappa shape index (κ2) is 6.09. The van der Waals surface area contributed by atoms with E-state index in [9.17, 15) is 4.79 Å². The summed E-state index contributed by atoms with van der Waals surface area (Å²) in [6, 6.07) is 10.4. The Balaban J connectivity index is 1.58. The third kappa shape index (κ3) is 2.45. The van der Waals surface area contributed by atoms with Crippen molar-refractivity contribution in [3.05, 3.63) is 40.4 Å². The van der Waals surface area contributed by atoms with Gasteiger partial charge in [-0.25, -0.2) is 9.79 Å². The summed E-state index contributed by atoms with van der Waals surface area (Å²) in [5, 5.41) is 2.39. The molecule has 0 N–H and O–H groups in total. The summed E-state index contributed by atoms with van der Waals surface area (Å²) in [5.74, 6) is 1.01. The lowest BCUT2D eigenvalue weighted by atomic mass is 10.0. The minimum atomic E-state index is -0.222. The van der Waals surface area contributed by atoms with Gasteiger partial charge >= 0.3 is 6.09 Å². The number of amidine groups is 1. The molecule has 24 heavy (non-hydrogen) atoms. The third-order valence-electron chi connectivity index (χ3n) is 4.54. The van der Waals surface area contributed by atoms with E-state index >= 15 is 0 Å². The highest BCUT2D eigenvalue weighted by molar-refractivity contribution is 9.10. The van der Waals surface area contributed by atoms with E-state index in [1.807, 2.05) is 13.0 Å². The van der Waals surface area contributed by atoms with E-state index in [0.717, 1.165) is 29.1 Å². The predicted octanol–water partition coefficient (Wildman–Crippen LogP) is 3.77. The van der Waals surface area contributed by atoms with Crippen LogP contribution in [0.4, 0.5) is 10.5 Å². The number of piperazine rings is 1. The fraction of sp³-hybridized carbons (Fsp3) is 0.333. The van der Waals surface area contributed by atoms with E-state index in [4.69, 9.17) is 9.73 Å². The zero-order valence-electron chi connectivity index (χ0n) is 13.5. The normalized spacial score (nSPS) is 16.5. The number of benzene rings is 2. The molecule has 1 fully saturated rings. The zero-order valence-corrected chi connectivity index (χ0v) is 15.0. The predicted molar refractivity (Wildman–Crippen MR) is 98.0 cm³/mol. The average Bonchev–Trinajstić information content (AvgIpc) is 2.99. The second-order valence-electron chi connectivity index (χ2n) is 5.90. The first-order chi connectivity index (χ1) is 11.7. The van der Waals surface area contributed by atoms with Crippen LogP contribution in [0.15, 0.2) is 39.8 Å². The van der Waals surface area contributed by atoms with Crippen LogP contribution in [-0.2, 0) is 4.74 Å². The van der Waals surface area contributed by atoms with Crippen molar-refractivity contribution >= 4 is 44.3 Å². The van der Waals surface area contributed by atoms with Crippen molar-refractivity contribution in [1.82, 2.24) is 9.80 Å². The number of aliphatic imine (C=N–C) groups is 1. The Bertz CT molecular complexity index is 842. The number of rotatable bonds is 1. The molecule has 2 aliphatic heterocycles. The molecule has 0 unspecified atom stereocenters. The fourth-order valence-corrected chi connectivity index (χ4v) is 3.83. The number of carbonyl (C=O) groups excluding carboxylic acids is 1. The van der Waals surface area contributed by atoms with Crippen LogP contribution in [0.3, 0.4) is 0 Å². The van der Waals surface area contributed by atoms with E-state index in [2.05, 4.69) is 45.1 Å². The summed E-state index contributed by atoms with van der Waals surface area (Å²) in [6.45, 7) is 5.10. The fourth-order valence-electron chi connectivity index (χ4n) is 3.36. The molecule has 6 heteroatoms. The second-order valence-corrected chi connectivity index (χ2v) is 6.76. The average molecular weight is 388 g/mol. The topological polar surface area (TPSA) is 45.1 Å². The van der Waals surface area contributed by atoms with E-state index in [1.54, 1.807) is 4.90 Å². The molecule has 1 amide bonds. The maximum absolute atomic E-state index is 11.8. The minimum Gasteiger partial charge on any atom is -0.450 e. The molecular weight excluding hydrogens is 370 g/mol. The number of halogens is 1. The first kappa shape index (κ1) is 15.4. The monoisotopic (exact) mass is 387 g/mol. The molecule has 2 aromatic carbocycles. The van der Waals surface area contributed by atoms with Crippen LogP contribution in [0.1, 0.15) is 12.5 Å². The molecule has 124 valence electrons. The first-order valence-electron chi connectivity index (χ1n) is 8.16. The summed E-state index contributed by atoms with van der Waals surface area (Å²) in [6.07, 6.45) is -0.222. The standard InChI is InChI=1S/C18H18BrN3O2/c1-2-24-18(23)22-10-8-21(9-11-22)17-13-5-3-4-12-14(19)6-7-15(20-17)16(12)13/h3-7H,2,8-11H2,1H3. The van der Waals surface area contributed by atoms with Crippen molar-refractivity contribution in [1.29, 1.82) is 0 Å². The third-order valence-corrected chi connectivity index (χ3v) is 5.23. The SMILES string of the molecule is CCOC(=O)N1CCN(C2=Nc3ccc(Br)c4cccc2c34)CC1. The Kier molecular flexibility index (Phi) is 3.92. The Morgan fingerprint density at radius 3 is 2.75 bits per heavy atom. The number of carbonyl (C=O) groups is 1. The van der Waals surface area contributed by atoms with Gasteiger partial charge in [0.25, 0.3) is 0 Å². The van der Waals surface area contributed by atoms with Gasteiger partial charge in [-0.2, -0.15) is 0 Å². The van der Waals surface area contributed by atoms with Crippen LogP contribution >= 0.6 is 15.9 Å². The van der Waals surface area contributed by atoms with Crippen molar-refractivity contribution in [3.8, 4) is 0 Å². The van der Waals surface area contributed by atoms with Gasteiger partial charge in [0, 0.05) is 41.6 Å². The quantitative estimate of drug-likeness (QED) is 0.747. The maximum Gasteiger partial charge on any atom is 0.409 e. The van der Waals surface area contributed by atoms with Crippen molar-refractivity contribution < 1.29 is 9.53 Å². The van der Waals surface area contributed by atoms with Crippen LogP contribution in [0.25, 0.3) is 10.8 Å². The minimum absolute atomic E-state index is 0.222. The molecule has 0 spiro atoms. The summed E-state index contributed by atoms with van der Waals surface area (Å²) in [7, 11) is 0. The van der Waals surface area contributed by atoms with Crippen LogP contribution in [-0.4, -0.2) is 54.5 Å². The van der Waals surface area contributed by atoms with Gasteiger partial charge in [0.2, 0.25) is 0 Å². The van der Waals surface area contributed by atoms with E-state index < -0.39 is 0 Å². The summed E-state index contributed by atoms with van der Waals surface area (Å²) < 4.78 is 6.18. The van der Waals surface area contributed by atoms with Gasteiger partial charge in [-0.15, -0.1) is 0 Å².